The van der Waals surface area contributed by atoms with E-state index in [0.29, 0.717) is 40.1 Å². The van der Waals surface area contributed by atoms with Crippen LogP contribution < -0.4 is 9.47 Å². The van der Waals surface area contributed by atoms with Crippen molar-refractivity contribution in [3.8, 4) is 34.3 Å². The summed E-state index contributed by atoms with van der Waals surface area (Å²) in [5.41, 5.74) is 2.86. The van der Waals surface area contributed by atoms with Crippen LogP contribution in [0.25, 0.3) is 22.8 Å². The Hall–Kier alpha value is -3.33. The Balaban J connectivity index is 1.26. The Morgan fingerprint density at radius 3 is 2.68 bits per heavy atom. The van der Waals surface area contributed by atoms with Gasteiger partial charge in [-0.2, -0.15) is 4.98 Å². The highest BCUT2D eigenvalue weighted by Gasteiger charge is 2.17. The van der Waals surface area contributed by atoms with E-state index in [1.807, 2.05) is 49.4 Å². The van der Waals surface area contributed by atoms with E-state index < -0.39 is 0 Å². The summed E-state index contributed by atoms with van der Waals surface area (Å²) in [5.74, 6) is 3.26. The van der Waals surface area contributed by atoms with Crippen LogP contribution in [-0.4, -0.2) is 27.1 Å². The van der Waals surface area contributed by atoms with Crippen molar-refractivity contribution in [1.82, 2.24) is 20.3 Å². The summed E-state index contributed by atoms with van der Waals surface area (Å²) in [6.07, 6.45) is 0. The smallest absolute Gasteiger partial charge is 0.277 e. The maximum atomic E-state index is 5.71. The van der Waals surface area contributed by atoms with Crippen molar-refractivity contribution in [3.63, 3.8) is 0 Å². The van der Waals surface area contributed by atoms with Crippen molar-refractivity contribution in [2.75, 3.05) is 6.79 Å². The van der Waals surface area contributed by atoms with Crippen molar-refractivity contribution >= 4 is 11.8 Å². The number of ether oxygens (including phenoxy) is 2. The highest BCUT2D eigenvalue weighted by atomic mass is 32.2. The Labute approximate surface area is 163 Å². The summed E-state index contributed by atoms with van der Waals surface area (Å²) in [6.45, 7) is 2.25. The van der Waals surface area contributed by atoms with Crippen molar-refractivity contribution in [2.45, 2.75) is 17.9 Å². The molecular formula is C19H14N4O4S. The molecule has 4 aromatic rings. The Morgan fingerprint density at radius 2 is 1.79 bits per heavy atom. The summed E-state index contributed by atoms with van der Waals surface area (Å²) in [7, 11) is 0. The Bertz CT molecular complexity index is 1120. The number of hydrogen-bond acceptors (Lipinski definition) is 9. The van der Waals surface area contributed by atoms with Crippen LogP contribution in [0, 0.1) is 6.92 Å². The second kappa shape index (κ2) is 7.01. The zero-order valence-corrected chi connectivity index (χ0v) is 15.6. The Morgan fingerprint density at radius 1 is 0.964 bits per heavy atom. The van der Waals surface area contributed by atoms with Gasteiger partial charge in [0.15, 0.2) is 11.5 Å². The van der Waals surface area contributed by atoms with Crippen LogP contribution in [0.1, 0.15) is 11.5 Å². The van der Waals surface area contributed by atoms with Gasteiger partial charge in [0.1, 0.15) is 0 Å². The van der Waals surface area contributed by atoms with Gasteiger partial charge in [0.2, 0.25) is 24.4 Å². The van der Waals surface area contributed by atoms with Gasteiger partial charge in [-0.15, -0.1) is 10.2 Å². The van der Waals surface area contributed by atoms with Crippen LogP contribution in [0.15, 0.2) is 56.6 Å². The number of nitrogens with zero attached hydrogens (tertiary/aromatic N) is 4. The molecule has 28 heavy (non-hydrogen) atoms. The lowest BCUT2D eigenvalue weighted by molar-refractivity contribution is 0.174. The second-order valence-corrected chi connectivity index (χ2v) is 7.03. The van der Waals surface area contributed by atoms with Crippen molar-refractivity contribution < 1.29 is 18.4 Å². The molecule has 0 bridgehead atoms. The van der Waals surface area contributed by atoms with Crippen LogP contribution >= 0.6 is 11.8 Å². The zero-order chi connectivity index (χ0) is 18.9. The predicted molar refractivity (Wildman–Crippen MR) is 99.9 cm³/mol. The van der Waals surface area contributed by atoms with Crippen LogP contribution in [0.4, 0.5) is 0 Å². The molecule has 0 saturated carbocycles. The van der Waals surface area contributed by atoms with Gasteiger partial charge in [-0.3, -0.25) is 0 Å². The average molecular weight is 394 g/mol. The molecule has 0 unspecified atom stereocenters. The fourth-order valence-electron chi connectivity index (χ4n) is 2.67. The van der Waals surface area contributed by atoms with Gasteiger partial charge in [0, 0.05) is 11.1 Å². The van der Waals surface area contributed by atoms with Gasteiger partial charge in [-0.05, 0) is 25.1 Å². The normalized spacial score (nSPS) is 12.5. The van der Waals surface area contributed by atoms with Crippen molar-refractivity contribution in [1.29, 1.82) is 0 Å². The lowest BCUT2D eigenvalue weighted by Crippen LogP contribution is -1.92. The monoisotopic (exact) mass is 394 g/mol. The first-order valence-corrected chi connectivity index (χ1v) is 9.49. The SMILES string of the molecule is Cc1ccc(-c2noc(CSc3nnc(-c4ccc5c(c4)OCO5)o3)n2)cc1. The minimum Gasteiger partial charge on any atom is -0.454 e. The third-order valence-electron chi connectivity index (χ3n) is 4.12. The van der Waals surface area contributed by atoms with Gasteiger partial charge in [-0.1, -0.05) is 46.7 Å². The maximum Gasteiger partial charge on any atom is 0.277 e. The molecule has 2 aromatic heterocycles. The first-order valence-electron chi connectivity index (χ1n) is 8.50. The molecule has 140 valence electrons. The van der Waals surface area contributed by atoms with E-state index in [9.17, 15) is 0 Å². The Kier molecular flexibility index (Phi) is 4.21. The highest BCUT2D eigenvalue weighted by Crippen LogP contribution is 2.36. The number of hydrogen-bond donors (Lipinski definition) is 0. The fraction of sp³-hybridized carbons (Fsp3) is 0.158. The van der Waals surface area contributed by atoms with Gasteiger partial charge in [0.25, 0.3) is 5.22 Å². The number of thioether (sulfide) groups is 1. The third-order valence-corrected chi connectivity index (χ3v) is 4.93. The molecule has 0 fully saturated rings. The summed E-state index contributed by atoms with van der Waals surface area (Å²) < 4.78 is 21.7. The molecule has 9 heteroatoms. The van der Waals surface area contributed by atoms with E-state index in [0.717, 1.165) is 11.1 Å². The molecule has 0 N–H and O–H groups in total. The van der Waals surface area contributed by atoms with Crippen molar-refractivity contribution in [2.24, 2.45) is 0 Å². The van der Waals surface area contributed by atoms with E-state index in [4.69, 9.17) is 18.4 Å². The third kappa shape index (κ3) is 3.31. The average Bonchev–Trinajstić information content (AvgIpc) is 3.46. The summed E-state index contributed by atoms with van der Waals surface area (Å²) in [5, 5.41) is 12.6. The fourth-order valence-corrected chi connectivity index (χ4v) is 3.27. The second-order valence-electron chi connectivity index (χ2n) is 6.11. The summed E-state index contributed by atoms with van der Waals surface area (Å²) >= 11 is 1.33. The number of benzene rings is 2. The lowest BCUT2D eigenvalue weighted by Gasteiger charge is -1.97. The molecule has 0 amide bonds. The number of fused-ring (bicyclic) bond motifs is 1. The molecule has 0 aliphatic carbocycles. The highest BCUT2D eigenvalue weighted by molar-refractivity contribution is 7.98. The van der Waals surface area contributed by atoms with Gasteiger partial charge >= 0.3 is 0 Å². The molecule has 5 rings (SSSR count). The van der Waals surface area contributed by atoms with Crippen molar-refractivity contribution in [3.05, 3.63) is 53.9 Å². The molecule has 3 heterocycles. The molecular weight excluding hydrogens is 380 g/mol. The molecule has 0 spiro atoms. The summed E-state index contributed by atoms with van der Waals surface area (Å²) in [4.78, 5) is 4.41. The molecule has 0 saturated heterocycles. The van der Waals surface area contributed by atoms with Gasteiger partial charge in [-0.25, -0.2) is 0 Å². The van der Waals surface area contributed by atoms with E-state index in [1.54, 1.807) is 0 Å². The number of rotatable bonds is 5. The topological polar surface area (TPSA) is 96.3 Å². The molecule has 1 aliphatic rings. The minimum atomic E-state index is 0.221. The quantitative estimate of drug-likeness (QED) is 0.463. The van der Waals surface area contributed by atoms with Gasteiger partial charge in [0.05, 0.1) is 5.75 Å². The van der Waals surface area contributed by atoms with Crippen LogP contribution in [0.5, 0.6) is 11.5 Å². The van der Waals surface area contributed by atoms with E-state index in [2.05, 4.69) is 20.3 Å². The first kappa shape index (κ1) is 16.8. The predicted octanol–water partition coefficient (Wildman–Crippen LogP) is 4.12. The van der Waals surface area contributed by atoms with Crippen LogP contribution in [0.3, 0.4) is 0 Å². The minimum absolute atomic E-state index is 0.221. The number of aromatic nitrogens is 4. The van der Waals surface area contributed by atoms with Crippen LogP contribution in [-0.2, 0) is 5.75 Å². The molecule has 0 radical (unpaired) electrons. The molecule has 8 nitrogen and oxygen atoms in total. The van der Waals surface area contributed by atoms with E-state index in [1.165, 1.54) is 17.3 Å². The van der Waals surface area contributed by atoms with E-state index >= 15 is 0 Å². The van der Waals surface area contributed by atoms with E-state index in [-0.39, 0.29) is 6.79 Å². The van der Waals surface area contributed by atoms with Crippen LogP contribution in [0.2, 0.25) is 0 Å². The first-order chi connectivity index (χ1) is 13.7. The molecule has 0 atom stereocenters. The summed E-state index contributed by atoms with van der Waals surface area (Å²) in [6, 6.07) is 13.4. The number of aryl methyl sites for hydroxylation is 1. The standard InChI is InChI=1S/C19H14N4O4S/c1-11-2-4-12(5-3-11)17-20-16(27-23-17)9-28-19-22-21-18(26-19)13-6-7-14-15(8-13)25-10-24-14/h2-8H,9-10H2,1H3. The molecule has 1 aliphatic heterocycles. The maximum absolute atomic E-state index is 5.71. The lowest BCUT2D eigenvalue weighted by atomic mass is 10.1. The largest absolute Gasteiger partial charge is 0.454 e. The molecule has 2 aromatic carbocycles. The zero-order valence-electron chi connectivity index (χ0n) is 14.8. The van der Waals surface area contributed by atoms with Gasteiger partial charge < -0.3 is 18.4 Å².